The topological polar surface area (TPSA) is 68.5 Å². The fourth-order valence-electron chi connectivity index (χ4n) is 3.64. The van der Waals surface area contributed by atoms with Gasteiger partial charge in [-0.2, -0.15) is 0 Å². The molecule has 2 aromatic carbocycles. The summed E-state index contributed by atoms with van der Waals surface area (Å²) in [5, 5.41) is 8.64. The summed E-state index contributed by atoms with van der Waals surface area (Å²) in [6, 6.07) is 12.0. The highest BCUT2D eigenvalue weighted by Crippen LogP contribution is 2.32. The fraction of sp³-hybridized carbons (Fsp3) is 0.318. The number of hydrogen-bond donors (Lipinski definition) is 0. The van der Waals surface area contributed by atoms with Crippen LogP contribution in [0.25, 0.3) is 11.5 Å². The second kappa shape index (κ2) is 8.29. The van der Waals surface area contributed by atoms with E-state index in [1.165, 1.54) is 11.8 Å². The lowest BCUT2D eigenvalue weighted by molar-refractivity contribution is -0.116. The third-order valence-electron chi connectivity index (χ3n) is 4.90. The van der Waals surface area contributed by atoms with Crippen LogP contribution in [0.2, 0.25) is 0 Å². The van der Waals surface area contributed by atoms with E-state index in [0.29, 0.717) is 11.1 Å². The molecule has 1 aromatic heterocycles. The van der Waals surface area contributed by atoms with Gasteiger partial charge in [-0.05, 0) is 62.6 Å². The number of carbonyl (C=O) groups is 1. The molecule has 0 spiro atoms. The van der Waals surface area contributed by atoms with Gasteiger partial charge in [-0.15, -0.1) is 10.2 Å². The van der Waals surface area contributed by atoms with Crippen molar-refractivity contribution in [2.45, 2.75) is 31.9 Å². The van der Waals surface area contributed by atoms with Gasteiger partial charge in [-0.3, -0.25) is 4.79 Å². The summed E-state index contributed by atoms with van der Waals surface area (Å²) in [5.74, 6) is 1.58. The number of aromatic nitrogens is 2. The number of hydrogen-bond acceptors (Lipinski definition) is 6. The van der Waals surface area contributed by atoms with Gasteiger partial charge in [-0.25, -0.2) is 0 Å². The van der Waals surface area contributed by atoms with E-state index in [1.807, 2.05) is 49.1 Å². The Hall–Kier alpha value is -2.80. The molecule has 0 fully saturated rings. The molecule has 7 heteroatoms. The van der Waals surface area contributed by atoms with Crippen molar-refractivity contribution >= 4 is 23.4 Å². The maximum absolute atomic E-state index is 12.8. The number of aryl methyl sites for hydroxylation is 3. The zero-order valence-corrected chi connectivity index (χ0v) is 17.6. The molecule has 2 heterocycles. The normalized spacial score (nSPS) is 13.3. The van der Waals surface area contributed by atoms with Crippen LogP contribution < -0.4 is 9.64 Å². The van der Waals surface area contributed by atoms with Crippen LogP contribution in [0.1, 0.15) is 23.1 Å². The zero-order chi connectivity index (χ0) is 20.4. The van der Waals surface area contributed by atoms with E-state index in [-0.39, 0.29) is 11.7 Å². The molecule has 3 aromatic rings. The maximum Gasteiger partial charge on any atom is 0.277 e. The Kier molecular flexibility index (Phi) is 5.58. The molecule has 0 N–H and O–H groups in total. The summed E-state index contributed by atoms with van der Waals surface area (Å²) < 4.78 is 11.1. The average Bonchev–Trinajstić information content (AvgIpc) is 3.19. The summed E-state index contributed by atoms with van der Waals surface area (Å²) in [6.45, 7) is 4.79. The molecule has 0 bridgehead atoms. The van der Waals surface area contributed by atoms with E-state index < -0.39 is 0 Å². The molecule has 0 aliphatic carbocycles. The Balaban J connectivity index is 1.44. The number of amides is 1. The second-order valence-corrected chi connectivity index (χ2v) is 8.11. The maximum atomic E-state index is 12.8. The number of ether oxygens (including phenoxy) is 1. The highest BCUT2D eigenvalue weighted by atomic mass is 32.2. The standard InChI is InChI=1S/C22H23N3O3S/c1-14-9-15(2)11-17(10-14)21-23-24-22(28-21)29-13-20(26)25-8-4-5-16-12-18(27-3)6-7-19(16)25/h6-7,9-12H,4-5,8,13H2,1-3H3. The second-order valence-electron chi connectivity index (χ2n) is 7.18. The lowest BCUT2D eigenvalue weighted by Crippen LogP contribution is -2.36. The van der Waals surface area contributed by atoms with Gasteiger partial charge in [0.05, 0.1) is 12.9 Å². The lowest BCUT2D eigenvalue weighted by Gasteiger charge is -2.29. The van der Waals surface area contributed by atoms with E-state index in [9.17, 15) is 4.79 Å². The summed E-state index contributed by atoms with van der Waals surface area (Å²) >= 11 is 1.27. The van der Waals surface area contributed by atoms with Gasteiger partial charge < -0.3 is 14.1 Å². The Labute approximate surface area is 174 Å². The SMILES string of the molecule is COc1ccc2c(c1)CCCN2C(=O)CSc1nnc(-c2cc(C)cc(C)c2)o1. The average molecular weight is 410 g/mol. The molecule has 4 rings (SSSR count). The predicted octanol–water partition coefficient (Wildman–Crippen LogP) is 4.43. The highest BCUT2D eigenvalue weighted by Gasteiger charge is 2.23. The van der Waals surface area contributed by atoms with E-state index in [1.54, 1.807) is 7.11 Å². The van der Waals surface area contributed by atoms with Crippen molar-refractivity contribution in [2.24, 2.45) is 0 Å². The molecule has 1 aliphatic rings. The number of carbonyl (C=O) groups excluding carboxylic acids is 1. The van der Waals surface area contributed by atoms with Gasteiger partial charge in [0.25, 0.3) is 5.22 Å². The first kappa shape index (κ1) is 19.5. The Bertz CT molecular complexity index is 1030. The lowest BCUT2D eigenvalue weighted by atomic mass is 10.0. The van der Waals surface area contributed by atoms with Crippen LogP contribution >= 0.6 is 11.8 Å². The van der Waals surface area contributed by atoms with Crippen LogP contribution in [0.4, 0.5) is 5.69 Å². The van der Waals surface area contributed by atoms with Crippen molar-refractivity contribution in [2.75, 3.05) is 24.3 Å². The van der Waals surface area contributed by atoms with Gasteiger partial charge in [0, 0.05) is 17.8 Å². The molecule has 0 radical (unpaired) electrons. The van der Waals surface area contributed by atoms with Crippen LogP contribution in [-0.2, 0) is 11.2 Å². The van der Waals surface area contributed by atoms with E-state index in [0.717, 1.165) is 53.1 Å². The largest absolute Gasteiger partial charge is 0.497 e. The number of methoxy groups -OCH3 is 1. The fourth-order valence-corrected chi connectivity index (χ4v) is 4.28. The minimum Gasteiger partial charge on any atom is -0.497 e. The molecule has 1 amide bonds. The quantitative estimate of drug-likeness (QED) is 0.581. The van der Waals surface area contributed by atoms with E-state index in [2.05, 4.69) is 16.3 Å². The van der Waals surface area contributed by atoms with Crippen molar-refractivity contribution in [3.8, 4) is 17.2 Å². The summed E-state index contributed by atoms with van der Waals surface area (Å²) in [4.78, 5) is 14.7. The van der Waals surface area contributed by atoms with Crippen LogP contribution in [0.3, 0.4) is 0 Å². The first-order valence-corrected chi connectivity index (χ1v) is 10.5. The van der Waals surface area contributed by atoms with E-state index >= 15 is 0 Å². The minimum absolute atomic E-state index is 0.0345. The monoisotopic (exact) mass is 409 g/mol. The third kappa shape index (κ3) is 4.29. The molecule has 0 unspecified atom stereocenters. The van der Waals surface area contributed by atoms with Crippen LogP contribution in [-0.4, -0.2) is 35.5 Å². The van der Waals surface area contributed by atoms with Crippen molar-refractivity contribution in [1.29, 1.82) is 0 Å². The highest BCUT2D eigenvalue weighted by molar-refractivity contribution is 7.99. The molecule has 150 valence electrons. The molecule has 6 nitrogen and oxygen atoms in total. The van der Waals surface area contributed by atoms with Crippen LogP contribution in [0.5, 0.6) is 5.75 Å². The first-order valence-electron chi connectivity index (χ1n) is 9.56. The number of thioether (sulfide) groups is 1. The Morgan fingerprint density at radius 1 is 1.17 bits per heavy atom. The smallest absolute Gasteiger partial charge is 0.277 e. The zero-order valence-electron chi connectivity index (χ0n) is 16.8. The van der Waals surface area contributed by atoms with Crippen molar-refractivity contribution < 1.29 is 13.9 Å². The molecular formula is C22H23N3O3S. The Morgan fingerprint density at radius 3 is 2.72 bits per heavy atom. The molecular weight excluding hydrogens is 386 g/mol. The number of nitrogens with zero attached hydrogens (tertiary/aromatic N) is 3. The molecule has 0 saturated heterocycles. The number of fused-ring (bicyclic) bond motifs is 1. The van der Waals surface area contributed by atoms with Gasteiger partial charge in [-0.1, -0.05) is 29.0 Å². The summed E-state index contributed by atoms with van der Waals surface area (Å²) in [7, 11) is 1.65. The van der Waals surface area contributed by atoms with Gasteiger partial charge >= 0.3 is 0 Å². The minimum atomic E-state index is 0.0345. The number of benzene rings is 2. The molecule has 0 saturated carbocycles. The van der Waals surface area contributed by atoms with Crippen molar-refractivity contribution in [3.63, 3.8) is 0 Å². The van der Waals surface area contributed by atoms with Gasteiger partial charge in [0.15, 0.2) is 0 Å². The summed E-state index contributed by atoms with van der Waals surface area (Å²) in [5.41, 5.74) is 5.28. The van der Waals surface area contributed by atoms with E-state index in [4.69, 9.17) is 9.15 Å². The predicted molar refractivity (Wildman–Crippen MR) is 114 cm³/mol. The van der Waals surface area contributed by atoms with Crippen LogP contribution in [0.15, 0.2) is 46.0 Å². The van der Waals surface area contributed by atoms with Gasteiger partial charge in [0.1, 0.15) is 5.75 Å². The molecule has 1 aliphatic heterocycles. The first-order chi connectivity index (χ1) is 14.0. The summed E-state index contributed by atoms with van der Waals surface area (Å²) in [6.07, 6.45) is 1.89. The number of anilines is 1. The molecule has 29 heavy (non-hydrogen) atoms. The van der Waals surface area contributed by atoms with Crippen LogP contribution in [0, 0.1) is 13.8 Å². The molecule has 0 atom stereocenters. The van der Waals surface area contributed by atoms with Crippen molar-refractivity contribution in [1.82, 2.24) is 10.2 Å². The van der Waals surface area contributed by atoms with Crippen molar-refractivity contribution in [3.05, 3.63) is 53.1 Å². The Morgan fingerprint density at radius 2 is 1.97 bits per heavy atom. The number of rotatable bonds is 5. The van der Waals surface area contributed by atoms with Gasteiger partial charge in [0.2, 0.25) is 11.8 Å². The third-order valence-corrected chi connectivity index (χ3v) is 5.70.